The van der Waals surface area contributed by atoms with Gasteiger partial charge < -0.3 is 5.73 Å². The van der Waals surface area contributed by atoms with Crippen LogP contribution in [0.2, 0.25) is 0 Å². The lowest BCUT2D eigenvalue weighted by molar-refractivity contribution is 0.331. The quantitative estimate of drug-likeness (QED) is 0.875. The summed E-state index contributed by atoms with van der Waals surface area (Å²) in [6.07, 6.45) is 2.62. The molecule has 1 aliphatic heterocycles. The van der Waals surface area contributed by atoms with Crippen molar-refractivity contribution in [1.82, 2.24) is 4.90 Å². The molecule has 106 valence electrons. The van der Waals surface area contributed by atoms with E-state index in [1.165, 1.54) is 31.5 Å². The highest BCUT2D eigenvalue weighted by Crippen LogP contribution is 2.25. The van der Waals surface area contributed by atoms with Crippen LogP contribution in [0.3, 0.4) is 0 Å². The normalized spacial score (nSPS) is 15.0. The summed E-state index contributed by atoms with van der Waals surface area (Å²) in [6, 6.07) is 16.3. The molecule has 2 aromatic rings. The number of likely N-dealkylation sites (tertiary alicyclic amines) is 1. The van der Waals surface area contributed by atoms with Crippen LogP contribution in [0.1, 0.15) is 24.0 Å². The van der Waals surface area contributed by atoms with Crippen molar-refractivity contribution < 1.29 is 0 Å². The maximum atomic E-state index is 8.95. The molecule has 3 rings (SSSR count). The Balaban J connectivity index is 1.85. The van der Waals surface area contributed by atoms with E-state index in [1.807, 2.05) is 12.1 Å². The molecular formula is C18H19N3. The van der Waals surface area contributed by atoms with Gasteiger partial charge in [-0.3, -0.25) is 4.90 Å². The van der Waals surface area contributed by atoms with Crippen molar-refractivity contribution in [2.75, 3.05) is 18.8 Å². The number of hydrogen-bond donors (Lipinski definition) is 1. The van der Waals surface area contributed by atoms with Gasteiger partial charge in [-0.2, -0.15) is 5.26 Å². The van der Waals surface area contributed by atoms with E-state index in [1.54, 1.807) is 6.07 Å². The van der Waals surface area contributed by atoms with Crippen molar-refractivity contribution >= 4 is 5.69 Å². The van der Waals surface area contributed by atoms with Gasteiger partial charge in [0.2, 0.25) is 0 Å². The predicted octanol–water partition coefficient (Wildman–Crippen LogP) is 3.40. The molecule has 0 aromatic heterocycles. The van der Waals surface area contributed by atoms with Gasteiger partial charge in [-0.05, 0) is 60.8 Å². The van der Waals surface area contributed by atoms with Crippen LogP contribution in [0, 0.1) is 11.3 Å². The second-order valence-electron chi connectivity index (χ2n) is 5.60. The second kappa shape index (κ2) is 5.99. The van der Waals surface area contributed by atoms with E-state index in [-0.39, 0.29) is 0 Å². The van der Waals surface area contributed by atoms with Crippen LogP contribution in [-0.2, 0) is 6.54 Å². The number of benzene rings is 2. The Labute approximate surface area is 125 Å². The first-order valence-corrected chi connectivity index (χ1v) is 7.37. The summed E-state index contributed by atoms with van der Waals surface area (Å²) in [7, 11) is 0. The zero-order valence-electron chi connectivity index (χ0n) is 12.0. The van der Waals surface area contributed by atoms with Crippen LogP contribution in [-0.4, -0.2) is 18.0 Å². The van der Waals surface area contributed by atoms with E-state index in [4.69, 9.17) is 11.0 Å². The fourth-order valence-electron chi connectivity index (χ4n) is 2.89. The maximum absolute atomic E-state index is 8.95. The maximum Gasteiger partial charge on any atom is 0.101 e. The third kappa shape index (κ3) is 3.07. The second-order valence-corrected chi connectivity index (χ2v) is 5.60. The van der Waals surface area contributed by atoms with Gasteiger partial charge in [-0.1, -0.05) is 24.3 Å². The topological polar surface area (TPSA) is 53.0 Å². The Morgan fingerprint density at radius 2 is 1.81 bits per heavy atom. The molecule has 2 aromatic carbocycles. The zero-order chi connectivity index (χ0) is 14.7. The lowest BCUT2D eigenvalue weighted by Crippen LogP contribution is -2.18. The molecule has 1 aliphatic rings. The highest BCUT2D eigenvalue weighted by atomic mass is 15.1. The minimum Gasteiger partial charge on any atom is -0.398 e. The monoisotopic (exact) mass is 277 g/mol. The van der Waals surface area contributed by atoms with Gasteiger partial charge in [0.1, 0.15) is 6.07 Å². The van der Waals surface area contributed by atoms with Crippen molar-refractivity contribution in [1.29, 1.82) is 5.26 Å². The first-order valence-electron chi connectivity index (χ1n) is 7.37. The minimum absolute atomic E-state index is 0.534. The standard InChI is InChI=1S/C18H19N3/c19-12-17-7-6-16(11-18(17)20)15-5-3-4-14(10-15)13-21-8-1-2-9-21/h3-7,10-11H,1-2,8-9,13,20H2. The van der Waals surface area contributed by atoms with Crippen molar-refractivity contribution in [3.05, 3.63) is 53.6 Å². The summed E-state index contributed by atoms with van der Waals surface area (Å²) in [5, 5.41) is 8.95. The predicted molar refractivity (Wildman–Crippen MR) is 85.5 cm³/mol. The van der Waals surface area contributed by atoms with E-state index in [0.717, 1.165) is 17.7 Å². The average molecular weight is 277 g/mol. The molecule has 0 bridgehead atoms. The zero-order valence-corrected chi connectivity index (χ0v) is 12.0. The number of nitrogens with zero attached hydrogens (tertiary/aromatic N) is 2. The molecule has 0 unspecified atom stereocenters. The van der Waals surface area contributed by atoms with Crippen molar-refractivity contribution in [2.24, 2.45) is 0 Å². The fourth-order valence-corrected chi connectivity index (χ4v) is 2.89. The van der Waals surface area contributed by atoms with Gasteiger partial charge >= 0.3 is 0 Å². The molecule has 0 atom stereocenters. The highest BCUT2D eigenvalue weighted by molar-refractivity contribution is 5.71. The van der Waals surface area contributed by atoms with Crippen LogP contribution in [0.15, 0.2) is 42.5 Å². The Kier molecular flexibility index (Phi) is 3.89. The minimum atomic E-state index is 0.534. The number of hydrogen-bond acceptors (Lipinski definition) is 3. The van der Waals surface area contributed by atoms with Crippen LogP contribution < -0.4 is 5.73 Å². The third-order valence-electron chi connectivity index (χ3n) is 4.04. The number of rotatable bonds is 3. The van der Waals surface area contributed by atoms with Crippen LogP contribution in [0.5, 0.6) is 0 Å². The van der Waals surface area contributed by atoms with E-state index in [2.05, 4.69) is 35.2 Å². The molecule has 3 nitrogen and oxygen atoms in total. The highest BCUT2D eigenvalue weighted by Gasteiger charge is 2.12. The Bertz CT molecular complexity index is 679. The molecule has 2 N–H and O–H groups in total. The van der Waals surface area contributed by atoms with Crippen molar-refractivity contribution in [2.45, 2.75) is 19.4 Å². The molecule has 0 spiro atoms. The van der Waals surface area contributed by atoms with Crippen molar-refractivity contribution in [3.8, 4) is 17.2 Å². The lowest BCUT2D eigenvalue weighted by Gasteiger charge is -2.15. The van der Waals surface area contributed by atoms with Crippen molar-refractivity contribution in [3.63, 3.8) is 0 Å². The molecule has 3 heteroatoms. The van der Waals surface area contributed by atoms with E-state index in [0.29, 0.717) is 11.3 Å². The average Bonchev–Trinajstić information content (AvgIpc) is 3.00. The molecule has 1 heterocycles. The van der Waals surface area contributed by atoms with Gasteiger partial charge in [0.15, 0.2) is 0 Å². The number of anilines is 1. The van der Waals surface area contributed by atoms with Gasteiger partial charge in [-0.15, -0.1) is 0 Å². The first-order chi connectivity index (χ1) is 10.3. The Morgan fingerprint density at radius 1 is 1.05 bits per heavy atom. The molecule has 0 amide bonds. The van der Waals surface area contributed by atoms with Gasteiger partial charge in [0.05, 0.1) is 11.3 Å². The molecule has 0 aliphatic carbocycles. The first kappa shape index (κ1) is 13.7. The van der Waals surface area contributed by atoms with Crippen LogP contribution in [0.4, 0.5) is 5.69 Å². The summed E-state index contributed by atoms with van der Waals surface area (Å²) < 4.78 is 0. The summed E-state index contributed by atoms with van der Waals surface area (Å²) in [6.45, 7) is 3.42. The summed E-state index contributed by atoms with van der Waals surface area (Å²) in [4.78, 5) is 2.49. The molecule has 1 fully saturated rings. The summed E-state index contributed by atoms with van der Waals surface area (Å²) in [5.74, 6) is 0. The number of nitrogen functional groups attached to an aromatic ring is 1. The van der Waals surface area contributed by atoms with Gasteiger partial charge in [0.25, 0.3) is 0 Å². The number of nitriles is 1. The van der Waals surface area contributed by atoms with Gasteiger partial charge in [-0.25, -0.2) is 0 Å². The van der Waals surface area contributed by atoms with E-state index in [9.17, 15) is 0 Å². The van der Waals surface area contributed by atoms with E-state index < -0.39 is 0 Å². The molecule has 1 saturated heterocycles. The van der Waals surface area contributed by atoms with E-state index >= 15 is 0 Å². The Hall–Kier alpha value is -2.31. The third-order valence-corrected chi connectivity index (χ3v) is 4.04. The lowest BCUT2D eigenvalue weighted by atomic mass is 10.0. The molecule has 0 radical (unpaired) electrons. The molecule has 0 saturated carbocycles. The number of nitrogens with two attached hydrogens (primary N) is 1. The fraction of sp³-hybridized carbons (Fsp3) is 0.278. The largest absolute Gasteiger partial charge is 0.398 e. The summed E-state index contributed by atoms with van der Waals surface area (Å²) >= 11 is 0. The summed E-state index contributed by atoms with van der Waals surface area (Å²) in [5.41, 5.74) is 10.5. The smallest absolute Gasteiger partial charge is 0.101 e. The molecule has 21 heavy (non-hydrogen) atoms. The van der Waals surface area contributed by atoms with Crippen LogP contribution >= 0.6 is 0 Å². The Morgan fingerprint density at radius 3 is 2.52 bits per heavy atom. The van der Waals surface area contributed by atoms with Gasteiger partial charge in [0, 0.05) is 6.54 Å². The molecular weight excluding hydrogens is 258 g/mol. The SMILES string of the molecule is N#Cc1ccc(-c2cccc(CN3CCCC3)c2)cc1N. The van der Waals surface area contributed by atoms with Crippen LogP contribution in [0.25, 0.3) is 11.1 Å².